The second-order valence-electron chi connectivity index (χ2n) is 5.87. The van der Waals surface area contributed by atoms with Crippen LogP contribution in [-0.2, 0) is 16.1 Å². The highest BCUT2D eigenvalue weighted by Gasteiger charge is 2.17. The highest BCUT2D eigenvalue weighted by molar-refractivity contribution is 5.69. The van der Waals surface area contributed by atoms with Crippen molar-refractivity contribution in [1.29, 1.82) is 0 Å². The molecule has 1 saturated carbocycles. The maximum atomic E-state index is 12.9. The van der Waals surface area contributed by atoms with Crippen molar-refractivity contribution in [3.05, 3.63) is 35.9 Å². The van der Waals surface area contributed by atoms with Crippen LogP contribution in [0.25, 0.3) is 11.5 Å². The molecule has 5 nitrogen and oxygen atoms in total. The predicted molar refractivity (Wildman–Crippen MR) is 80.7 cm³/mol. The Balaban J connectivity index is 1.47. The maximum absolute atomic E-state index is 12.9. The first-order valence-electron chi connectivity index (χ1n) is 7.95. The third-order valence-electron chi connectivity index (χ3n) is 4.15. The van der Waals surface area contributed by atoms with Crippen molar-refractivity contribution in [2.75, 3.05) is 0 Å². The summed E-state index contributed by atoms with van der Waals surface area (Å²) in [4.78, 5) is 15.9. The van der Waals surface area contributed by atoms with E-state index < -0.39 is 0 Å². The van der Waals surface area contributed by atoms with Crippen LogP contribution >= 0.6 is 0 Å². The highest BCUT2D eigenvalue weighted by Crippen LogP contribution is 2.28. The quantitative estimate of drug-likeness (QED) is 0.756. The van der Waals surface area contributed by atoms with Gasteiger partial charge in [0.1, 0.15) is 5.82 Å². The number of hydrogen-bond donors (Lipinski definition) is 0. The number of carbonyl (C=O) groups is 1. The molecular formula is C17H19FN2O3. The van der Waals surface area contributed by atoms with E-state index in [0.29, 0.717) is 23.7 Å². The van der Waals surface area contributed by atoms with Crippen LogP contribution in [0.3, 0.4) is 0 Å². The van der Waals surface area contributed by atoms with Gasteiger partial charge in [0, 0.05) is 12.0 Å². The van der Waals surface area contributed by atoms with Crippen molar-refractivity contribution in [1.82, 2.24) is 10.1 Å². The first-order valence-corrected chi connectivity index (χ1v) is 7.95. The minimum Gasteiger partial charge on any atom is -0.457 e. The molecule has 3 rings (SSSR count). The SMILES string of the molecule is O=C(CCC1CCCC1)OCc1noc(-c2ccc(F)cc2)n1. The topological polar surface area (TPSA) is 65.2 Å². The smallest absolute Gasteiger partial charge is 0.306 e. The fourth-order valence-corrected chi connectivity index (χ4v) is 2.86. The Bertz CT molecular complexity index is 648. The summed E-state index contributed by atoms with van der Waals surface area (Å²) in [6.45, 7) is -0.00576. The van der Waals surface area contributed by atoms with Crippen LogP contribution in [0.2, 0.25) is 0 Å². The fourth-order valence-electron chi connectivity index (χ4n) is 2.86. The van der Waals surface area contributed by atoms with Gasteiger partial charge in [0.15, 0.2) is 6.61 Å². The average molecular weight is 318 g/mol. The largest absolute Gasteiger partial charge is 0.457 e. The third-order valence-corrected chi connectivity index (χ3v) is 4.15. The van der Waals surface area contributed by atoms with Gasteiger partial charge in [-0.1, -0.05) is 30.8 Å². The second kappa shape index (κ2) is 7.35. The van der Waals surface area contributed by atoms with E-state index in [-0.39, 0.29) is 24.3 Å². The molecule has 1 aliphatic carbocycles. The zero-order valence-corrected chi connectivity index (χ0v) is 12.8. The van der Waals surface area contributed by atoms with Gasteiger partial charge < -0.3 is 9.26 Å². The zero-order chi connectivity index (χ0) is 16.1. The van der Waals surface area contributed by atoms with Crippen LogP contribution in [0.1, 0.15) is 44.3 Å². The van der Waals surface area contributed by atoms with Gasteiger partial charge in [-0.25, -0.2) is 4.39 Å². The normalized spacial score (nSPS) is 15.0. The summed E-state index contributed by atoms with van der Waals surface area (Å²) in [5, 5.41) is 3.77. The van der Waals surface area contributed by atoms with Gasteiger partial charge in [-0.3, -0.25) is 4.79 Å². The number of benzene rings is 1. The van der Waals surface area contributed by atoms with Gasteiger partial charge in [-0.05, 0) is 36.6 Å². The van der Waals surface area contributed by atoms with Crippen molar-refractivity contribution >= 4 is 5.97 Å². The molecule has 0 radical (unpaired) electrons. The standard InChI is InChI=1S/C17H19FN2O3/c18-14-8-6-13(7-9-14)17-19-15(20-23-17)11-22-16(21)10-5-12-3-1-2-4-12/h6-9,12H,1-5,10-11H2. The van der Waals surface area contributed by atoms with E-state index >= 15 is 0 Å². The van der Waals surface area contributed by atoms with Crippen LogP contribution in [0.4, 0.5) is 4.39 Å². The molecule has 6 heteroatoms. The molecule has 0 atom stereocenters. The molecule has 1 aliphatic rings. The fraction of sp³-hybridized carbons (Fsp3) is 0.471. The molecule has 0 spiro atoms. The van der Waals surface area contributed by atoms with Crippen molar-refractivity contribution < 1.29 is 18.4 Å². The molecule has 0 bridgehead atoms. The minimum atomic E-state index is -0.329. The molecule has 0 aliphatic heterocycles. The van der Waals surface area contributed by atoms with E-state index in [1.54, 1.807) is 12.1 Å². The van der Waals surface area contributed by atoms with E-state index in [1.165, 1.54) is 37.8 Å². The molecule has 1 heterocycles. The van der Waals surface area contributed by atoms with E-state index in [0.717, 1.165) is 6.42 Å². The van der Waals surface area contributed by atoms with E-state index in [2.05, 4.69) is 10.1 Å². The lowest BCUT2D eigenvalue weighted by atomic mass is 10.0. The van der Waals surface area contributed by atoms with Crippen LogP contribution in [0, 0.1) is 11.7 Å². The van der Waals surface area contributed by atoms with Gasteiger partial charge in [-0.15, -0.1) is 0 Å². The van der Waals surface area contributed by atoms with Crippen molar-refractivity contribution in [2.24, 2.45) is 5.92 Å². The monoisotopic (exact) mass is 318 g/mol. The number of aromatic nitrogens is 2. The molecule has 0 saturated heterocycles. The molecular weight excluding hydrogens is 299 g/mol. The number of hydrogen-bond acceptors (Lipinski definition) is 5. The molecule has 1 fully saturated rings. The lowest BCUT2D eigenvalue weighted by Crippen LogP contribution is -2.07. The van der Waals surface area contributed by atoms with Crippen LogP contribution in [0.5, 0.6) is 0 Å². The Labute approximate surface area is 133 Å². The Kier molecular flexibility index (Phi) is 5.00. The molecule has 1 aromatic carbocycles. The predicted octanol–water partition coefficient (Wildman–Crippen LogP) is 3.89. The average Bonchev–Trinajstić information content (AvgIpc) is 3.23. The molecule has 0 amide bonds. The Morgan fingerprint density at radius 3 is 2.74 bits per heavy atom. The molecule has 122 valence electrons. The van der Waals surface area contributed by atoms with E-state index in [1.807, 2.05) is 0 Å². The number of halogens is 1. The molecule has 0 unspecified atom stereocenters. The summed E-state index contributed by atoms with van der Waals surface area (Å²) in [7, 11) is 0. The molecule has 0 N–H and O–H groups in total. The summed E-state index contributed by atoms with van der Waals surface area (Å²) in [5.41, 5.74) is 0.623. The Morgan fingerprint density at radius 1 is 1.26 bits per heavy atom. The summed E-state index contributed by atoms with van der Waals surface area (Å²) < 4.78 is 23.1. The van der Waals surface area contributed by atoms with Gasteiger partial charge in [0.2, 0.25) is 5.82 Å². The van der Waals surface area contributed by atoms with Gasteiger partial charge in [-0.2, -0.15) is 4.98 Å². The zero-order valence-electron chi connectivity index (χ0n) is 12.8. The van der Waals surface area contributed by atoms with Crippen molar-refractivity contribution in [3.8, 4) is 11.5 Å². The van der Waals surface area contributed by atoms with Crippen molar-refractivity contribution in [2.45, 2.75) is 45.1 Å². The summed E-state index contributed by atoms with van der Waals surface area (Å²) >= 11 is 0. The molecule has 2 aromatic rings. The van der Waals surface area contributed by atoms with Crippen LogP contribution in [-0.4, -0.2) is 16.1 Å². The van der Waals surface area contributed by atoms with E-state index in [9.17, 15) is 9.18 Å². The summed E-state index contributed by atoms with van der Waals surface area (Å²) in [6.07, 6.45) is 6.32. The summed E-state index contributed by atoms with van der Waals surface area (Å²) in [5.74, 6) is 0.688. The number of carbonyl (C=O) groups excluding carboxylic acids is 1. The van der Waals surface area contributed by atoms with Gasteiger partial charge in [0.05, 0.1) is 0 Å². The number of rotatable bonds is 6. The molecule has 23 heavy (non-hydrogen) atoms. The number of ether oxygens (including phenoxy) is 1. The first-order chi connectivity index (χ1) is 11.2. The maximum Gasteiger partial charge on any atom is 0.306 e. The lowest BCUT2D eigenvalue weighted by molar-refractivity contribution is -0.145. The van der Waals surface area contributed by atoms with Gasteiger partial charge >= 0.3 is 5.97 Å². The second-order valence-corrected chi connectivity index (χ2v) is 5.87. The Morgan fingerprint density at radius 2 is 2.00 bits per heavy atom. The summed E-state index contributed by atoms with van der Waals surface area (Å²) in [6, 6.07) is 5.75. The Hall–Kier alpha value is -2.24. The van der Waals surface area contributed by atoms with Crippen LogP contribution in [0.15, 0.2) is 28.8 Å². The minimum absolute atomic E-state index is 0.00576. The van der Waals surface area contributed by atoms with Crippen LogP contribution < -0.4 is 0 Å². The van der Waals surface area contributed by atoms with Crippen molar-refractivity contribution in [3.63, 3.8) is 0 Å². The van der Waals surface area contributed by atoms with E-state index in [4.69, 9.17) is 9.26 Å². The third kappa shape index (κ3) is 4.37. The number of nitrogens with zero attached hydrogens (tertiary/aromatic N) is 2. The van der Waals surface area contributed by atoms with Gasteiger partial charge in [0.25, 0.3) is 5.89 Å². The molecule has 1 aromatic heterocycles. The lowest BCUT2D eigenvalue weighted by Gasteiger charge is -2.07. The first kappa shape index (κ1) is 15.6. The highest BCUT2D eigenvalue weighted by atomic mass is 19.1. The number of esters is 1.